The Bertz CT molecular complexity index is 1160. The van der Waals surface area contributed by atoms with E-state index in [1.165, 1.54) is 25.7 Å². The van der Waals surface area contributed by atoms with Crippen LogP contribution in [0.1, 0.15) is 58.3 Å². The fourth-order valence-electron chi connectivity index (χ4n) is 4.14. The van der Waals surface area contributed by atoms with Crippen LogP contribution < -0.4 is 20.1 Å². The monoisotopic (exact) mass is 473 g/mol. The number of H-pyrrole nitrogens is 1. The van der Waals surface area contributed by atoms with Crippen LogP contribution in [0.5, 0.6) is 5.75 Å². The van der Waals surface area contributed by atoms with Gasteiger partial charge in [-0.15, -0.1) is 0 Å². The summed E-state index contributed by atoms with van der Waals surface area (Å²) >= 11 is 0. The SMILES string of the molecule is CCCNC(=O)Nc1nc2ccc(OS(=O)(=O)C3=CC=C(NC4CCCC4)CCC3)cc2[nH]1. The van der Waals surface area contributed by atoms with Gasteiger partial charge in [-0.1, -0.05) is 19.8 Å². The molecule has 2 aliphatic rings. The molecular formula is C23H31N5O4S. The molecule has 1 aromatic carbocycles. The summed E-state index contributed by atoms with van der Waals surface area (Å²) in [6.07, 6.45) is 11.2. The molecule has 1 heterocycles. The number of benzene rings is 1. The van der Waals surface area contributed by atoms with Gasteiger partial charge >= 0.3 is 16.1 Å². The molecule has 0 atom stereocenters. The van der Waals surface area contributed by atoms with Crippen molar-refractivity contribution in [1.29, 1.82) is 0 Å². The van der Waals surface area contributed by atoms with E-state index in [0.717, 1.165) is 25.0 Å². The summed E-state index contributed by atoms with van der Waals surface area (Å²) in [5, 5.41) is 8.89. The largest absolute Gasteiger partial charge is 0.386 e. The number of imidazole rings is 1. The molecule has 2 amide bonds. The quantitative estimate of drug-likeness (QED) is 0.424. The third kappa shape index (κ3) is 6.07. The molecule has 178 valence electrons. The van der Waals surface area contributed by atoms with Gasteiger partial charge in [-0.25, -0.2) is 9.78 Å². The molecule has 0 spiro atoms. The lowest BCUT2D eigenvalue weighted by Crippen LogP contribution is -2.29. The average molecular weight is 474 g/mol. The van der Waals surface area contributed by atoms with Gasteiger partial charge in [-0.2, -0.15) is 8.42 Å². The highest BCUT2D eigenvalue weighted by atomic mass is 32.2. The standard InChI is InChI=1S/C23H31N5O4S/c1-2-14-24-23(29)28-22-26-20-13-11-18(15-21(20)27-22)32-33(30,31)19-9-5-8-17(10-12-19)25-16-6-3-4-7-16/h10-13,15-16,25H,2-9,14H2,1H3,(H3,24,26,27,28,29). The van der Waals surface area contributed by atoms with Gasteiger partial charge in [0.05, 0.1) is 15.9 Å². The Morgan fingerprint density at radius 1 is 1.18 bits per heavy atom. The van der Waals surface area contributed by atoms with Gasteiger partial charge in [0.25, 0.3) is 0 Å². The minimum absolute atomic E-state index is 0.187. The molecule has 33 heavy (non-hydrogen) atoms. The van der Waals surface area contributed by atoms with Crippen molar-refractivity contribution in [3.63, 3.8) is 0 Å². The molecule has 0 unspecified atom stereocenters. The second-order valence-electron chi connectivity index (χ2n) is 8.49. The Labute approximate surface area is 194 Å². The lowest BCUT2D eigenvalue weighted by molar-refractivity contribution is 0.252. The molecule has 1 saturated carbocycles. The Morgan fingerprint density at radius 3 is 2.79 bits per heavy atom. The van der Waals surface area contributed by atoms with Crippen molar-refractivity contribution in [3.8, 4) is 5.75 Å². The number of anilines is 1. The van der Waals surface area contributed by atoms with E-state index in [4.69, 9.17) is 4.18 Å². The lowest BCUT2D eigenvalue weighted by Gasteiger charge is -2.15. The van der Waals surface area contributed by atoms with Crippen LogP contribution in [0.3, 0.4) is 0 Å². The maximum absolute atomic E-state index is 12.9. The number of aromatic nitrogens is 2. The Hall–Kier alpha value is -3.01. The van der Waals surface area contributed by atoms with Crippen molar-refractivity contribution in [1.82, 2.24) is 20.6 Å². The van der Waals surface area contributed by atoms with Gasteiger partial charge in [0.15, 0.2) is 0 Å². The number of carbonyl (C=O) groups is 1. The highest BCUT2D eigenvalue weighted by Gasteiger charge is 2.23. The molecule has 2 aromatic rings. The molecule has 1 fully saturated rings. The van der Waals surface area contributed by atoms with E-state index in [1.807, 2.05) is 13.0 Å². The number of nitrogens with one attached hydrogen (secondary N) is 4. The number of urea groups is 1. The van der Waals surface area contributed by atoms with Crippen molar-refractivity contribution >= 4 is 33.1 Å². The van der Waals surface area contributed by atoms with Crippen molar-refractivity contribution in [2.45, 2.75) is 64.3 Å². The molecule has 2 aliphatic carbocycles. The predicted octanol–water partition coefficient (Wildman–Crippen LogP) is 4.29. The topological polar surface area (TPSA) is 125 Å². The van der Waals surface area contributed by atoms with Crippen LogP contribution in [0, 0.1) is 0 Å². The predicted molar refractivity (Wildman–Crippen MR) is 128 cm³/mol. The van der Waals surface area contributed by atoms with Crippen LogP contribution in [0.2, 0.25) is 0 Å². The minimum Gasteiger partial charge on any atom is -0.386 e. The van der Waals surface area contributed by atoms with Crippen LogP contribution in [-0.2, 0) is 10.1 Å². The van der Waals surface area contributed by atoms with Crippen molar-refractivity contribution in [2.75, 3.05) is 11.9 Å². The number of hydrogen-bond donors (Lipinski definition) is 4. The summed E-state index contributed by atoms with van der Waals surface area (Å²) in [6.45, 7) is 2.52. The number of hydrogen-bond acceptors (Lipinski definition) is 6. The van der Waals surface area contributed by atoms with Crippen molar-refractivity contribution in [2.24, 2.45) is 0 Å². The molecule has 0 radical (unpaired) electrons. The zero-order valence-corrected chi connectivity index (χ0v) is 19.6. The molecule has 10 heteroatoms. The van der Waals surface area contributed by atoms with Gasteiger partial charge < -0.3 is 19.8 Å². The van der Waals surface area contributed by atoms with E-state index in [-0.39, 0.29) is 22.6 Å². The van der Waals surface area contributed by atoms with Crippen LogP contribution in [-0.4, -0.2) is 37.0 Å². The number of amides is 2. The summed E-state index contributed by atoms with van der Waals surface area (Å²) in [5.74, 6) is 0.462. The highest BCUT2D eigenvalue weighted by Crippen LogP contribution is 2.27. The van der Waals surface area contributed by atoms with E-state index < -0.39 is 10.1 Å². The Kier molecular flexibility index (Phi) is 7.22. The van der Waals surface area contributed by atoms with Crippen LogP contribution in [0.15, 0.2) is 41.0 Å². The smallest absolute Gasteiger partial charge is 0.335 e. The third-order valence-corrected chi connectivity index (χ3v) is 7.23. The van der Waals surface area contributed by atoms with Crippen molar-refractivity contribution < 1.29 is 17.4 Å². The number of nitrogens with zero attached hydrogens (tertiary/aromatic N) is 1. The molecular weight excluding hydrogens is 442 g/mol. The first-order chi connectivity index (χ1) is 15.9. The maximum Gasteiger partial charge on any atom is 0.335 e. The van der Waals surface area contributed by atoms with E-state index in [0.29, 0.717) is 30.0 Å². The fourth-order valence-corrected chi connectivity index (χ4v) is 5.24. The lowest BCUT2D eigenvalue weighted by atomic mass is 10.2. The highest BCUT2D eigenvalue weighted by molar-refractivity contribution is 7.91. The molecule has 4 N–H and O–H groups in total. The van der Waals surface area contributed by atoms with Crippen LogP contribution in [0.4, 0.5) is 10.7 Å². The zero-order chi connectivity index (χ0) is 23.3. The summed E-state index contributed by atoms with van der Waals surface area (Å²) in [6, 6.07) is 4.91. The van der Waals surface area contributed by atoms with E-state index in [2.05, 4.69) is 25.9 Å². The number of fused-ring (bicyclic) bond motifs is 1. The summed E-state index contributed by atoms with van der Waals surface area (Å²) in [4.78, 5) is 19.4. The number of aromatic amines is 1. The van der Waals surface area contributed by atoms with Gasteiger partial charge in [-0.3, -0.25) is 5.32 Å². The number of allylic oxidation sites excluding steroid dienone is 4. The Balaban J connectivity index is 1.44. The molecule has 0 saturated heterocycles. The normalized spacial score (nSPS) is 17.2. The molecule has 0 aliphatic heterocycles. The van der Waals surface area contributed by atoms with Gasteiger partial charge in [-0.05, 0) is 62.8 Å². The van der Waals surface area contributed by atoms with E-state index >= 15 is 0 Å². The second-order valence-corrected chi connectivity index (χ2v) is 10.1. The maximum atomic E-state index is 12.9. The molecule has 4 rings (SSSR count). The molecule has 0 bridgehead atoms. The summed E-state index contributed by atoms with van der Waals surface area (Å²) in [7, 11) is -3.93. The number of rotatable bonds is 8. The van der Waals surface area contributed by atoms with E-state index in [1.54, 1.807) is 24.3 Å². The average Bonchev–Trinajstić information content (AvgIpc) is 3.35. The summed E-state index contributed by atoms with van der Waals surface area (Å²) < 4.78 is 31.3. The van der Waals surface area contributed by atoms with Gasteiger partial charge in [0.2, 0.25) is 5.95 Å². The molecule has 1 aromatic heterocycles. The van der Waals surface area contributed by atoms with Crippen LogP contribution in [0.25, 0.3) is 11.0 Å². The van der Waals surface area contributed by atoms with E-state index in [9.17, 15) is 13.2 Å². The Morgan fingerprint density at radius 2 is 2.00 bits per heavy atom. The van der Waals surface area contributed by atoms with Gasteiger partial charge in [0, 0.05) is 24.4 Å². The first kappa shape index (κ1) is 23.2. The molecule has 9 nitrogen and oxygen atoms in total. The first-order valence-electron chi connectivity index (χ1n) is 11.6. The van der Waals surface area contributed by atoms with Crippen molar-refractivity contribution in [3.05, 3.63) is 41.0 Å². The summed E-state index contributed by atoms with van der Waals surface area (Å²) in [5.41, 5.74) is 2.24. The minimum atomic E-state index is -3.93. The van der Waals surface area contributed by atoms with Gasteiger partial charge in [0.1, 0.15) is 5.75 Å². The van der Waals surface area contributed by atoms with Crippen LogP contribution >= 0.6 is 0 Å². The second kappa shape index (κ2) is 10.3. The number of carbonyl (C=O) groups excluding carboxylic acids is 1. The fraction of sp³-hybridized carbons (Fsp3) is 0.478. The first-order valence-corrected chi connectivity index (χ1v) is 13.0. The zero-order valence-electron chi connectivity index (χ0n) is 18.8. The third-order valence-electron chi connectivity index (χ3n) is 5.83.